The second-order valence-electron chi connectivity index (χ2n) is 2.49. The zero-order valence-corrected chi connectivity index (χ0v) is 8.66. The summed E-state index contributed by atoms with van der Waals surface area (Å²) in [6, 6.07) is 0. The molecule has 70 valence electrons. The quantitative estimate of drug-likeness (QED) is 0.606. The van der Waals surface area contributed by atoms with Crippen LogP contribution in [0.5, 0.6) is 0 Å². The van der Waals surface area contributed by atoms with Gasteiger partial charge in [0, 0.05) is 13.0 Å². The highest BCUT2D eigenvalue weighted by atomic mass is 35.5. The molecule has 1 aromatic rings. The van der Waals surface area contributed by atoms with Crippen LogP contribution in [0.2, 0.25) is 5.15 Å². The summed E-state index contributed by atoms with van der Waals surface area (Å²) in [6.45, 7) is 0.840. The van der Waals surface area contributed by atoms with Gasteiger partial charge in [0.15, 0.2) is 11.0 Å². The lowest BCUT2D eigenvalue weighted by Crippen LogP contribution is -2.01. The van der Waals surface area contributed by atoms with Crippen LogP contribution in [-0.2, 0) is 0 Å². The van der Waals surface area contributed by atoms with Crippen molar-refractivity contribution in [3.8, 4) is 12.3 Å². The highest BCUT2D eigenvalue weighted by Crippen LogP contribution is 2.17. The molecule has 0 saturated carbocycles. The molecule has 0 spiro atoms. The zero-order chi connectivity index (χ0) is 9.52. The molecule has 0 unspecified atom stereocenters. The molecule has 1 N–H and O–H groups in total. The SMILES string of the molecule is C#CCCCCNc1nsnc1Cl. The summed E-state index contributed by atoms with van der Waals surface area (Å²) in [7, 11) is 0. The fourth-order valence-electron chi connectivity index (χ4n) is 0.842. The minimum atomic E-state index is 0.446. The first-order valence-electron chi connectivity index (χ1n) is 4.00. The van der Waals surface area contributed by atoms with Gasteiger partial charge < -0.3 is 5.32 Å². The molecule has 0 aliphatic rings. The molecule has 0 fully saturated rings. The van der Waals surface area contributed by atoms with Crippen molar-refractivity contribution in [2.75, 3.05) is 11.9 Å². The minimum Gasteiger partial charge on any atom is -0.367 e. The molecule has 0 aliphatic carbocycles. The highest BCUT2D eigenvalue weighted by molar-refractivity contribution is 6.99. The number of anilines is 1. The lowest BCUT2D eigenvalue weighted by atomic mass is 10.2. The molecule has 1 aromatic heterocycles. The van der Waals surface area contributed by atoms with Crippen molar-refractivity contribution >= 4 is 29.1 Å². The molecule has 1 heterocycles. The molecule has 13 heavy (non-hydrogen) atoms. The molecule has 0 radical (unpaired) electrons. The predicted octanol–water partition coefficient (Wildman–Crippen LogP) is 2.41. The summed E-state index contributed by atoms with van der Waals surface area (Å²) in [6.07, 6.45) is 7.99. The maximum atomic E-state index is 5.72. The Morgan fingerprint density at radius 3 is 2.92 bits per heavy atom. The number of rotatable bonds is 5. The second kappa shape index (κ2) is 5.79. The number of hydrogen-bond acceptors (Lipinski definition) is 4. The van der Waals surface area contributed by atoms with Crippen LogP contribution < -0.4 is 5.32 Å². The Morgan fingerprint density at radius 1 is 1.46 bits per heavy atom. The van der Waals surface area contributed by atoms with Crippen molar-refractivity contribution < 1.29 is 0 Å². The molecule has 3 nitrogen and oxygen atoms in total. The molecule has 0 saturated heterocycles. The van der Waals surface area contributed by atoms with Gasteiger partial charge in [0.25, 0.3) is 0 Å². The monoisotopic (exact) mass is 215 g/mol. The first-order chi connectivity index (χ1) is 6.34. The third-order valence-electron chi connectivity index (χ3n) is 1.49. The van der Waals surface area contributed by atoms with Gasteiger partial charge in [-0.25, -0.2) is 0 Å². The van der Waals surface area contributed by atoms with E-state index in [4.69, 9.17) is 18.0 Å². The second-order valence-corrected chi connectivity index (χ2v) is 3.38. The molecule has 1 rings (SSSR count). The third kappa shape index (κ3) is 3.62. The predicted molar refractivity (Wildman–Crippen MR) is 56.1 cm³/mol. The summed E-state index contributed by atoms with van der Waals surface area (Å²) < 4.78 is 7.81. The summed E-state index contributed by atoms with van der Waals surface area (Å²) in [5.74, 6) is 3.27. The van der Waals surface area contributed by atoms with Gasteiger partial charge in [-0.2, -0.15) is 8.75 Å². The Hall–Kier alpha value is -0.790. The lowest BCUT2D eigenvalue weighted by Gasteiger charge is -2.00. The zero-order valence-electron chi connectivity index (χ0n) is 7.09. The van der Waals surface area contributed by atoms with Crippen LogP contribution in [0.25, 0.3) is 0 Å². The number of hydrogen-bond donors (Lipinski definition) is 1. The van der Waals surface area contributed by atoms with Gasteiger partial charge in [-0.05, 0) is 12.8 Å². The van der Waals surface area contributed by atoms with E-state index in [1.54, 1.807) is 0 Å². The molecule has 0 bridgehead atoms. The smallest absolute Gasteiger partial charge is 0.186 e. The Bertz CT molecular complexity index is 292. The highest BCUT2D eigenvalue weighted by Gasteiger charge is 2.02. The van der Waals surface area contributed by atoms with Gasteiger partial charge in [-0.1, -0.05) is 11.6 Å². The summed E-state index contributed by atoms with van der Waals surface area (Å²) in [5, 5.41) is 3.53. The van der Waals surface area contributed by atoms with E-state index < -0.39 is 0 Å². The molecule has 5 heteroatoms. The van der Waals surface area contributed by atoms with Gasteiger partial charge in [-0.3, -0.25) is 0 Å². The van der Waals surface area contributed by atoms with Crippen molar-refractivity contribution in [2.24, 2.45) is 0 Å². The summed E-state index contributed by atoms with van der Waals surface area (Å²) >= 11 is 6.83. The van der Waals surface area contributed by atoms with E-state index in [9.17, 15) is 0 Å². The van der Waals surface area contributed by atoms with E-state index in [1.165, 1.54) is 0 Å². The van der Waals surface area contributed by atoms with E-state index in [0.717, 1.165) is 37.5 Å². The van der Waals surface area contributed by atoms with Crippen LogP contribution in [0.15, 0.2) is 0 Å². The van der Waals surface area contributed by atoms with Gasteiger partial charge in [0.2, 0.25) is 0 Å². The van der Waals surface area contributed by atoms with E-state index in [1.807, 2.05) is 0 Å². The minimum absolute atomic E-state index is 0.446. The molecule has 0 aliphatic heterocycles. The van der Waals surface area contributed by atoms with Crippen molar-refractivity contribution in [1.82, 2.24) is 8.75 Å². The topological polar surface area (TPSA) is 37.8 Å². The van der Waals surface area contributed by atoms with Crippen molar-refractivity contribution in [3.63, 3.8) is 0 Å². The maximum absolute atomic E-state index is 5.72. The fourth-order valence-corrected chi connectivity index (χ4v) is 1.53. The van der Waals surface area contributed by atoms with Crippen LogP contribution in [-0.4, -0.2) is 15.3 Å². The van der Waals surface area contributed by atoms with Crippen LogP contribution >= 0.6 is 23.3 Å². The summed E-state index contributed by atoms with van der Waals surface area (Å²) in [5.41, 5.74) is 0. The van der Waals surface area contributed by atoms with Crippen LogP contribution in [0.3, 0.4) is 0 Å². The number of halogens is 1. The fraction of sp³-hybridized carbons (Fsp3) is 0.500. The van der Waals surface area contributed by atoms with Gasteiger partial charge in [0.1, 0.15) is 0 Å². The van der Waals surface area contributed by atoms with E-state index in [2.05, 4.69) is 20.0 Å². The number of aromatic nitrogens is 2. The first kappa shape index (κ1) is 10.3. The molecular weight excluding hydrogens is 206 g/mol. The number of terminal acetylenes is 1. The standard InChI is InChI=1S/C8H10ClN3S/c1-2-3-4-5-6-10-8-7(9)11-13-12-8/h1H,3-6H2,(H,10,12). The van der Waals surface area contributed by atoms with Gasteiger partial charge in [0.05, 0.1) is 11.7 Å². The van der Waals surface area contributed by atoms with Crippen LogP contribution in [0.1, 0.15) is 19.3 Å². The van der Waals surface area contributed by atoms with Crippen LogP contribution in [0, 0.1) is 12.3 Å². The van der Waals surface area contributed by atoms with E-state index in [-0.39, 0.29) is 0 Å². The molecule has 0 amide bonds. The normalized spacial score (nSPS) is 9.54. The van der Waals surface area contributed by atoms with Crippen molar-refractivity contribution in [1.29, 1.82) is 0 Å². The molecule has 0 aromatic carbocycles. The average Bonchev–Trinajstić information content (AvgIpc) is 2.52. The Kier molecular flexibility index (Phi) is 4.58. The van der Waals surface area contributed by atoms with Gasteiger partial charge in [-0.15, -0.1) is 12.3 Å². The Morgan fingerprint density at radius 2 is 2.31 bits per heavy atom. The number of nitrogens with one attached hydrogen (secondary N) is 1. The molecular formula is C8H10ClN3S. The van der Waals surface area contributed by atoms with Gasteiger partial charge >= 0.3 is 0 Å². The maximum Gasteiger partial charge on any atom is 0.186 e. The Balaban J connectivity index is 2.14. The van der Waals surface area contributed by atoms with E-state index >= 15 is 0 Å². The van der Waals surface area contributed by atoms with Crippen LogP contribution in [0.4, 0.5) is 5.82 Å². The Labute approximate surface area is 86.8 Å². The largest absolute Gasteiger partial charge is 0.367 e. The third-order valence-corrected chi connectivity index (χ3v) is 2.38. The van der Waals surface area contributed by atoms with Crippen molar-refractivity contribution in [2.45, 2.75) is 19.3 Å². The van der Waals surface area contributed by atoms with Crippen molar-refractivity contribution in [3.05, 3.63) is 5.15 Å². The lowest BCUT2D eigenvalue weighted by molar-refractivity contribution is 0.788. The first-order valence-corrected chi connectivity index (χ1v) is 5.11. The summed E-state index contributed by atoms with van der Waals surface area (Å²) in [4.78, 5) is 0. The average molecular weight is 216 g/mol. The molecule has 0 atom stereocenters. The number of unbranched alkanes of at least 4 members (excludes halogenated alkanes) is 2. The van der Waals surface area contributed by atoms with E-state index in [0.29, 0.717) is 11.0 Å². The number of nitrogens with zero attached hydrogens (tertiary/aromatic N) is 2.